The predicted molar refractivity (Wildman–Crippen MR) is 82.0 cm³/mol. The van der Waals surface area contributed by atoms with Gasteiger partial charge in [0.2, 0.25) is 0 Å². The van der Waals surface area contributed by atoms with Gasteiger partial charge in [0, 0.05) is 23.0 Å². The highest BCUT2D eigenvalue weighted by molar-refractivity contribution is 6.31. The normalized spacial score (nSPS) is 21.8. The fraction of sp³-hybridized carbons (Fsp3) is 0.500. The van der Waals surface area contributed by atoms with Crippen LogP contribution in [0.15, 0.2) is 18.2 Å². The molecule has 1 aliphatic carbocycles. The molecule has 0 heterocycles. The predicted octanol–water partition coefficient (Wildman–Crippen LogP) is 3.78. The lowest BCUT2D eigenvalue weighted by Gasteiger charge is -2.25. The molecule has 1 amide bonds. The van der Waals surface area contributed by atoms with Crippen molar-refractivity contribution in [2.24, 2.45) is 5.92 Å². The second kappa shape index (κ2) is 7.09. The van der Waals surface area contributed by atoms with Crippen molar-refractivity contribution in [2.45, 2.75) is 31.1 Å². The van der Waals surface area contributed by atoms with E-state index in [0.717, 1.165) is 25.7 Å². The summed E-state index contributed by atoms with van der Waals surface area (Å²) in [4.78, 5) is 22.5. The van der Waals surface area contributed by atoms with E-state index in [1.54, 1.807) is 0 Å². The van der Waals surface area contributed by atoms with Crippen molar-refractivity contribution in [2.75, 3.05) is 6.54 Å². The number of hydrogen-bond donors (Lipinski definition) is 1. The van der Waals surface area contributed by atoms with Crippen LogP contribution in [0.2, 0.25) is 5.02 Å². The lowest BCUT2D eigenvalue weighted by Crippen LogP contribution is -2.32. The van der Waals surface area contributed by atoms with Crippen LogP contribution in [0.25, 0.3) is 0 Å². The zero-order valence-electron chi connectivity index (χ0n) is 11.4. The highest BCUT2D eigenvalue weighted by Crippen LogP contribution is 2.28. The monoisotopic (exact) mass is 330 g/mol. The van der Waals surface area contributed by atoms with Gasteiger partial charge in [0.15, 0.2) is 0 Å². The number of amides is 1. The van der Waals surface area contributed by atoms with Crippen LogP contribution in [-0.2, 0) is 0 Å². The molecule has 2 atom stereocenters. The van der Waals surface area contributed by atoms with Crippen LogP contribution in [0.1, 0.15) is 36.0 Å². The number of nitrogens with zero attached hydrogens (tertiary/aromatic N) is 1. The molecular formula is C14H16Cl2N2O3. The van der Waals surface area contributed by atoms with Gasteiger partial charge in [0.05, 0.1) is 4.92 Å². The number of nitrogens with one attached hydrogen (secondary N) is 1. The SMILES string of the molecule is O=C(NCC1CCCC(Cl)C1)c1ccc(Cl)cc1[N+](=O)[O-]. The minimum atomic E-state index is -0.601. The van der Waals surface area contributed by atoms with Crippen molar-refractivity contribution in [1.82, 2.24) is 5.32 Å². The molecule has 0 aromatic heterocycles. The van der Waals surface area contributed by atoms with Crippen LogP contribution >= 0.6 is 23.2 Å². The van der Waals surface area contributed by atoms with Crippen molar-refractivity contribution >= 4 is 34.8 Å². The Morgan fingerprint density at radius 1 is 1.43 bits per heavy atom. The average Bonchev–Trinajstić information content (AvgIpc) is 2.44. The number of hydrogen-bond acceptors (Lipinski definition) is 3. The third-order valence-corrected chi connectivity index (χ3v) is 4.30. The lowest BCUT2D eigenvalue weighted by atomic mass is 9.89. The summed E-state index contributed by atoms with van der Waals surface area (Å²) >= 11 is 11.8. The molecule has 0 bridgehead atoms. The fourth-order valence-electron chi connectivity index (χ4n) is 2.59. The first-order valence-corrected chi connectivity index (χ1v) is 7.65. The number of rotatable bonds is 4. The summed E-state index contributed by atoms with van der Waals surface area (Å²) in [5.74, 6) is -0.119. The molecule has 1 aromatic rings. The van der Waals surface area contributed by atoms with Crippen LogP contribution in [-0.4, -0.2) is 22.8 Å². The van der Waals surface area contributed by atoms with Gasteiger partial charge in [-0.15, -0.1) is 11.6 Å². The number of benzene rings is 1. The van der Waals surface area contributed by atoms with E-state index in [2.05, 4.69) is 5.32 Å². The molecule has 1 saturated carbocycles. The molecule has 0 radical (unpaired) electrons. The Labute approximate surface area is 132 Å². The van der Waals surface area contributed by atoms with E-state index in [1.165, 1.54) is 18.2 Å². The lowest BCUT2D eigenvalue weighted by molar-refractivity contribution is -0.385. The second-order valence-electron chi connectivity index (χ2n) is 5.26. The maximum absolute atomic E-state index is 12.1. The first kappa shape index (κ1) is 16.0. The third kappa shape index (κ3) is 4.32. The number of carbonyl (C=O) groups excluding carboxylic acids is 1. The summed E-state index contributed by atoms with van der Waals surface area (Å²) in [6.07, 6.45) is 3.95. The Morgan fingerprint density at radius 2 is 2.19 bits per heavy atom. The van der Waals surface area contributed by atoms with Gasteiger partial charge in [-0.3, -0.25) is 14.9 Å². The molecule has 1 N–H and O–H groups in total. The molecule has 1 fully saturated rings. The molecule has 0 aliphatic heterocycles. The molecule has 2 rings (SSSR count). The molecule has 2 unspecified atom stereocenters. The zero-order chi connectivity index (χ0) is 15.4. The van der Waals surface area contributed by atoms with E-state index in [1.807, 2.05) is 0 Å². The summed E-state index contributed by atoms with van der Waals surface area (Å²) in [5, 5.41) is 14.1. The summed E-state index contributed by atoms with van der Waals surface area (Å²) in [7, 11) is 0. The van der Waals surface area contributed by atoms with Crippen molar-refractivity contribution in [3.05, 3.63) is 38.9 Å². The number of nitro benzene ring substituents is 1. The largest absolute Gasteiger partial charge is 0.352 e. The van der Waals surface area contributed by atoms with E-state index < -0.39 is 10.8 Å². The molecule has 5 nitrogen and oxygen atoms in total. The van der Waals surface area contributed by atoms with Gasteiger partial charge in [0.1, 0.15) is 5.56 Å². The number of nitro groups is 1. The van der Waals surface area contributed by atoms with Crippen molar-refractivity contribution in [1.29, 1.82) is 0 Å². The molecular weight excluding hydrogens is 315 g/mol. The molecule has 114 valence electrons. The Morgan fingerprint density at radius 3 is 2.86 bits per heavy atom. The number of halogens is 2. The zero-order valence-corrected chi connectivity index (χ0v) is 12.9. The Hall–Kier alpha value is -1.33. The molecule has 0 saturated heterocycles. The molecule has 1 aliphatic rings. The van der Waals surface area contributed by atoms with Gasteiger partial charge in [-0.1, -0.05) is 18.0 Å². The van der Waals surface area contributed by atoms with Crippen LogP contribution < -0.4 is 5.32 Å². The van der Waals surface area contributed by atoms with Crippen LogP contribution in [0, 0.1) is 16.0 Å². The van der Waals surface area contributed by atoms with Gasteiger partial charge in [-0.25, -0.2) is 0 Å². The van der Waals surface area contributed by atoms with Gasteiger partial charge in [-0.05, 0) is 37.3 Å². The Kier molecular flexibility index (Phi) is 5.42. The summed E-state index contributed by atoms with van der Waals surface area (Å²) in [6.45, 7) is 0.488. The van der Waals surface area contributed by atoms with Gasteiger partial charge >= 0.3 is 0 Å². The molecule has 0 spiro atoms. The average molecular weight is 331 g/mol. The first-order valence-electron chi connectivity index (χ1n) is 6.83. The molecule has 1 aromatic carbocycles. The minimum Gasteiger partial charge on any atom is -0.352 e. The molecule has 21 heavy (non-hydrogen) atoms. The van der Waals surface area contributed by atoms with Gasteiger partial charge < -0.3 is 5.32 Å². The van der Waals surface area contributed by atoms with E-state index in [0.29, 0.717) is 12.5 Å². The number of carbonyl (C=O) groups is 1. The molecule has 7 heteroatoms. The van der Waals surface area contributed by atoms with E-state index in [9.17, 15) is 14.9 Å². The summed E-state index contributed by atoms with van der Waals surface area (Å²) in [5.41, 5.74) is -0.249. The van der Waals surface area contributed by atoms with E-state index in [-0.39, 0.29) is 21.7 Å². The fourth-order valence-corrected chi connectivity index (χ4v) is 3.16. The highest BCUT2D eigenvalue weighted by Gasteiger charge is 2.23. The highest BCUT2D eigenvalue weighted by atomic mass is 35.5. The Bertz CT molecular complexity index is 551. The quantitative estimate of drug-likeness (QED) is 0.518. The van der Waals surface area contributed by atoms with E-state index >= 15 is 0 Å². The summed E-state index contributed by atoms with van der Waals surface area (Å²) in [6, 6.07) is 4.03. The van der Waals surface area contributed by atoms with Crippen molar-refractivity contribution < 1.29 is 9.72 Å². The van der Waals surface area contributed by atoms with Crippen molar-refractivity contribution in [3.8, 4) is 0 Å². The first-order chi connectivity index (χ1) is 9.97. The van der Waals surface area contributed by atoms with Crippen LogP contribution in [0.4, 0.5) is 5.69 Å². The number of alkyl halides is 1. The summed E-state index contributed by atoms with van der Waals surface area (Å²) < 4.78 is 0. The third-order valence-electron chi connectivity index (χ3n) is 3.67. The Balaban J connectivity index is 2.02. The van der Waals surface area contributed by atoms with Crippen LogP contribution in [0.5, 0.6) is 0 Å². The smallest absolute Gasteiger partial charge is 0.283 e. The van der Waals surface area contributed by atoms with Gasteiger partial charge in [0.25, 0.3) is 11.6 Å². The second-order valence-corrected chi connectivity index (χ2v) is 6.31. The standard InChI is InChI=1S/C14H16Cl2N2O3/c15-10-3-1-2-9(6-10)8-17-14(19)12-5-4-11(16)7-13(12)18(20)21/h4-5,7,9-10H,1-3,6,8H2,(H,17,19). The van der Waals surface area contributed by atoms with Gasteiger partial charge in [-0.2, -0.15) is 0 Å². The van der Waals surface area contributed by atoms with E-state index in [4.69, 9.17) is 23.2 Å². The van der Waals surface area contributed by atoms with Crippen LogP contribution in [0.3, 0.4) is 0 Å². The topological polar surface area (TPSA) is 72.2 Å². The van der Waals surface area contributed by atoms with Crippen molar-refractivity contribution in [3.63, 3.8) is 0 Å². The maximum Gasteiger partial charge on any atom is 0.283 e. The minimum absolute atomic E-state index is 0.0302. The maximum atomic E-state index is 12.1.